The van der Waals surface area contributed by atoms with Crippen LogP contribution in [0.25, 0.3) is 11.3 Å². The molecule has 0 bridgehead atoms. The number of carbonyl (C=O) groups excluding carboxylic acids is 2. The van der Waals surface area contributed by atoms with Crippen molar-refractivity contribution in [3.05, 3.63) is 48.2 Å². The molecule has 166 valence electrons. The zero-order valence-electron chi connectivity index (χ0n) is 17.7. The van der Waals surface area contributed by atoms with E-state index < -0.39 is 17.4 Å². The maximum atomic E-state index is 15.4. The average Bonchev–Trinajstić information content (AvgIpc) is 3.71. The average molecular weight is 449 g/mol. The Kier molecular flexibility index (Phi) is 4.17. The van der Waals surface area contributed by atoms with Gasteiger partial charge >= 0.3 is 5.92 Å². The first kappa shape index (κ1) is 20.0. The SMILES string of the molecule is Bc1ccc2nnc(C(F)(F)c3ccc4nc(N(C(=O)C5CC5)C(=O)C5CC5)cn4n3)n2c1. The Hall–Kier alpha value is -3.70. The molecule has 0 spiro atoms. The van der Waals surface area contributed by atoms with Crippen molar-refractivity contribution in [3.63, 3.8) is 0 Å². The van der Waals surface area contributed by atoms with Crippen LogP contribution in [0.1, 0.15) is 37.2 Å². The number of imidazole rings is 1. The first-order valence-electron chi connectivity index (χ1n) is 10.8. The molecule has 0 radical (unpaired) electrons. The number of carbonyl (C=O) groups is 2. The summed E-state index contributed by atoms with van der Waals surface area (Å²) >= 11 is 0. The second kappa shape index (κ2) is 6.90. The molecule has 4 aromatic heterocycles. The molecule has 12 heteroatoms. The lowest BCUT2D eigenvalue weighted by Crippen LogP contribution is -2.39. The first-order valence-corrected chi connectivity index (χ1v) is 10.8. The number of imide groups is 1. The summed E-state index contributed by atoms with van der Waals surface area (Å²) in [5, 5.41) is 11.6. The molecule has 2 aliphatic carbocycles. The highest BCUT2D eigenvalue weighted by molar-refractivity contribution is 6.32. The second-order valence-corrected chi connectivity index (χ2v) is 8.71. The topological polar surface area (TPSA) is 97.8 Å². The molecule has 0 atom stereocenters. The molecule has 0 saturated heterocycles. The summed E-state index contributed by atoms with van der Waals surface area (Å²) in [6.07, 6.45) is 5.84. The molecule has 33 heavy (non-hydrogen) atoms. The van der Waals surface area contributed by atoms with E-state index in [1.165, 1.54) is 33.4 Å². The number of halogens is 2. The molecule has 4 aromatic rings. The minimum Gasteiger partial charge on any atom is -0.282 e. The van der Waals surface area contributed by atoms with Gasteiger partial charge in [-0.2, -0.15) is 13.9 Å². The molecule has 2 amide bonds. The van der Waals surface area contributed by atoms with E-state index in [0.717, 1.165) is 36.0 Å². The quantitative estimate of drug-likeness (QED) is 0.331. The predicted octanol–water partition coefficient (Wildman–Crippen LogP) is 0.850. The van der Waals surface area contributed by atoms with Gasteiger partial charge in [0.25, 0.3) is 0 Å². The third-order valence-corrected chi connectivity index (χ3v) is 5.98. The van der Waals surface area contributed by atoms with E-state index in [-0.39, 0.29) is 35.1 Å². The van der Waals surface area contributed by atoms with Gasteiger partial charge in [-0.25, -0.2) is 14.4 Å². The predicted molar refractivity (Wildman–Crippen MR) is 115 cm³/mol. The molecule has 0 N–H and O–H groups in total. The minimum atomic E-state index is -3.54. The summed E-state index contributed by atoms with van der Waals surface area (Å²) in [7, 11) is 1.79. The van der Waals surface area contributed by atoms with Gasteiger partial charge in [0.1, 0.15) is 13.5 Å². The van der Waals surface area contributed by atoms with Crippen LogP contribution in [-0.4, -0.2) is 48.9 Å². The lowest BCUT2D eigenvalue weighted by Gasteiger charge is -2.17. The molecule has 0 aliphatic heterocycles. The fraction of sp³-hybridized carbons (Fsp3) is 0.333. The number of aromatic nitrogens is 6. The third kappa shape index (κ3) is 3.28. The van der Waals surface area contributed by atoms with E-state index in [9.17, 15) is 9.59 Å². The molecule has 2 saturated carbocycles. The van der Waals surface area contributed by atoms with Crippen LogP contribution >= 0.6 is 0 Å². The van der Waals surface area contributed by atoms with Gasteiger partial charge in [0.2, 0.25) is 17.6 Å². The molecule has 0 aromatic carbocycles. The van der Waals surface area contributed by atoms with Crippen molar-refractivity contribution in [3.8, 4) is 0 Å². The lowest BCUT2D eigenvalue weighted by molar-refractivity contribution is -0.127. The number of fused-ring (bicyclic) bond motifs is 2. The molecule has 9 nitrogen and oxygen atoms in total. The zero-order valence-corrected chi connectivity index (χ0v) is 17.7. The lowest BCUT2D eigenvalue weighted by atomic mass is 9.99. The van der Waals surface area contributed by atoms with Crippen LogP contribution in [-0.2, 0) is 15.5 Å². The zero-order chi connectivity index (χ0) is 22.9. The van der Waals surface area contributed by atoms with E-state index in [1.54, 1.807) is 20.0 Å². The standard InChI is InChI=1S/C21H18BF2N7O2/c22-13-5-7-16-26-27-20(29(16)9-13)21(23,24)14-6-8-15-25-17(10-30(15)28-14)31(18(32)11-1-2-11)19(33)12-3-4-12/h5-12H,1-4,22H2. The van der Waals surface area contributed by atoms with Crippen molar-refractivity contribution in [1.29, 1.82) is 0 Å². The first-order chi connectivity index (χ1) is 15.8. The fourth-order valence-corrected chi connectivity index (χ4v) is 3.83. The molecular formula is C21H18BF2N7O2. The van der Waals surface area contributed by atoms with Crippen LogP contribution in [0.15, 0.2) is 36.7 Å². The van der Waals surface area contributed by atoms with Crippen LogP contribution in [0.4, 0.5) is 14.6 Å². The molecule has 6 rings (SSSR count). The Morgan fingerprint density at radius 2 is 1.64 bits per heavy atom. The molecule has 4 heterocycles. The number of pyridine rings is 1. The van der Waals surface area contributed by atoms with Crippen molar-refractivity contribution in [2.24, 2.45) is 11.8 Å². The smallest absolute Gasteiger partial charge is 0.282 e. The number of amides is 2. The summed E-state index contributed by atoms with van der Waals surface area (Å²) in [6, 6.07) is 5.93. The highest BCUT2D eigenvalue weighted by Gasteiger charge is 2.44. The number of hydrogen-bond donors (Lipinski definition) is 0. The minimum absolute atomic E-state index is 0.111. The molecular weight excluding hydrogens is 431 g/mol. The number of anilines is 1. The molecule has 2 aliphatic rings. The number of hydrogen-bond acceptors (Lipinski definition) is 6. The van der Waals surface area contributed by atoms with Crippen molar-refractivity contribution in [2.75, 3.05) is 4.90 Å². The number of nitrogens with zero attached hydrogens (tertiary/aromatic N) is 7. The van der Waals surface area contributed by atoms with Crippen LogP contribution in [0.5, 0.6) is 0 Å². The van der Waals surface area contributed by atoms with Crippen LogP contribution in [0.2, 0.25) is 0 Å². The van der Waals surface area contributed by atoms with E-state index in [0.29, 0.717) is 5.65 Å². The summed E-state index contributed by atoms with van der Waals surface area (Å²) in [4.78, 5) is 31.0. The highest BCUT2D eigenvalue weighted by atomic mass is 19.3. The monoisotopic (exact) mass is 449 g/mol. The number of rotatable bonds is 5. The van der Waals surface area contributed by atoms with E-state index >= 15 is 8.78 Å². The summed E-state index contributed by atoms with van der Waals surface area (Å²) in [5.41, 5.74) is 0.781. The van der Waals surface area contributed by atoms with Gasteiger partial charge in [0, 0.05) is 18.0 Å². The maximum absolute atomic E-state index is 15.4. The van der Waals surface area contributed by atoms with Crippen LogP contribution < -0.4 is 10.4 Å². The Labute approximate surface area is 186 Å². The van der Waals surface area contributed by atoms with Crippen molar-refractivity contribution < 1.29 is 18.4 Å². The van der Waals surface area contributed by atoms with Crippen LogP contribution in [0, 0.1) is 11.8 Å². The Morgan fingerprint density at radius 1 is 0.970 bits per heavy atom. The molecule has 0 unspecified atom stereocenters. The van der Waals surface area contributed by atoms with Gasteiger partial charge in [-0.3, -0.25) is 14.0 Å². The molecule has 2 fully saturated rings. The van der Waals surface area contributed by atoms with Gasteiger partial charge in [-0.15, -0.1) is 10.2 Å². The third-order valence-electron chi connectivity index (χ3n) is 5.98. The summed E-state index contributed by atoms with van der Waals surface area (Å²) < 4.78 is 33.3. The van der Waals surface area contributed by atoms with Gasteiger partial charge in [0.15, 0.2) is 17.1 Å². The Balaban J connectivity index is 1.40. The van der Waals surface area contributed by atoms with Crippen molar-refractivity contribution in [1.82, 2.24) is 29.2 Å². The Morgan fingerprint density at radius 3 is 2.30 bits per heavy atom. The van der Waals surface area contributed by atoms with E-state index in [2.05, 4.69) is 20.3 Å². The summed E-state index contributed by atoms with van der Waals surface area (Å²) in [5.74, 6) is -4.93. The maximum Gasteiger partial charge on any atom is 0.350 e. The van der Waals surface area contributed by atoms with Crippen molar-refractivity contribution in [2.45, 2.75) is 31.6 Å². The van der Waals surface area contributed by atoms with Crippen LogP contribution in [0.3, 0.4) is 0 Å². The van der Waals surface area contributed by atoms with Gasteiger partial charge in [-0.05, 0) is 43.9 Å². The van der Waals surface area contributed by atoms with Crippen molar-refractivity contribution >= 4 is 42.2 Å². The second-order valence-electron chi connectivity index (χ2n) is 8.71. The van der Waals surface area contributed by atoms with E-state index in [1.807, 2.05) is 0 Å². The fourth-order valence-electron chi connectivity index (χ4n) is 3.83. The highest BCUT2D eigenvalue weighted by Crippen LogP contribution is 2.38. The van der Waals surface area contributed by atoms with Gasteiger partial charge in [0.05, 0.1) is 6.20 Å². The number of alkyl halides is 2. The summed E-state index contributed by atoms with van der Waals surface area (Å²) in [6.45, 7) is 0. The Bertz CT molecular complexity index is 1420. The van der Waals surface area contributed by atoms with Gasteiger partial charge < -0.3 is 0 Å². The largest absolute Gasteiger partial charge is 0.350 e. The normalized spacial score (nSPS) is 16.4. The van der Waals surface area contributed by atoms with E-state index in [4.69, 9.17) is 0 Å². The van der Waals surface area contributed by atoms with Gasteiger partial charge in [-0.1, -0.05) is 11.5 Å².